The van der Waals surface area contributed by atoms with Crippen LogP contribution in [0.3, 0.4) is 0 Å². The summed E-state index contributed by atoms with van der Waals surface area (Å²) in [5, 5.41) is 6.70. The zero-order chi connectivity index (χ0) is 21.8. The van der Waals surface area contributed by atoms with Gasteiger partial charge in [-0.05, 0) is 30.2 Å². The van der Waals surface area contributed by atoms with Crippen LogP contribution < -0.4 is 15.5 Å². The molecule has 3 heterocycles. The Morgan fingerprint density at radius 3 is 2.84 bits per heavy atom. The van der Waals surface area contributed by atoms with Crippen molar-refractivity contribution in [3.63, 3.8) is 0 Å². The lowest BCUT2D eigenvalue weighted by Crippen LogP contribution is -2.40. The molecule has 2 aromatic heterocycles. The normalized spacial score (nSPS) is 14.0. The maximum Gasteiger partial charge on any atom is 0.253 e. The Balaban J connectivity index is 1.54. The van der Waals surface area contributed by atoms with E-state index in [1.807, 2.05) is 29.8 Å². The molecule has 0 bridgehead atoms. The highest BCUT2D eigenvalue weighted by Gasteiger charge is 2.26. The Labute approximate surface area is 185 Å². The third-order valence-corrected chi connectivity index (χ3v) is 5.45. The summed E-state index contributed by atoms with van der Waals surface area (Å²) in [4.78, 5) is 35.6. The van der Waals surface area contributed by atoms with Gasteiger partial charge >= 0.3 is 0 Å². The van der Waals surface area contributed by atoms with E-state index in [1.165, 1.54) is 6.20 Å². The number of benzene rings is 1. The third-order valence-electron chi connectivity index (χ3n) is 5.20. The summed E-state index contributed by atoms with van der Waals surface area (Å²) < 4.78 is 1.93. The summed E-state index contributed by atoms with van der Waals surface area (Å²) in [6.07, 6.45) is 7.59. The van der Waals surface area contributed by atoms with Crippen LogP contribution in [0, 0.1) is 0 Å². The Bertz CT molecular complexity index is 1070. The number of carbonyl (C=O) groups excluding carboxylic acids is 2. The zero-order valence-electron chi connectivity index (χ0n) is 17.1. The molecule has 2 amide bonds. The Morgan fingerprint density at radius 1 is 1.32 bits per heavy atom. The molecule has 1 aliphatic rings. The number of rotatable bonds is 7. The molecule has 3 aromatic rings. The van der Waals surface area contributed by atoms with Crippen molar-refractivity contribution in [2.45, 2.75) is 32.5 Å². The number of aromatic nitrogens is 3. The van der Waals surface area contributed by atoms with E-state index in [9.17, 15) is 9.59 Å². The first-order valence-corrected chi connectivity index (χ1v) is 10.5. The summed E-state index contributed by atoms with van der Waals surface area (Å²) in [5.74, 6) is 0.260. The zero-order valence-corrected chi connectivity index (χ0v) is 17.8. The molecule has 31 heavy (non-hydrogen) atoms. The van der Waals surface area contributed by atoms with Crippen LogP contribution in [0.4, 0.5) is 11.5 Å². The van der Waals surface area contributed by atoms with Gasteiger partial charge in [0.05, 0.1) is 30.7 Å². The van der Waals surface area contributed by atoms with E-state index in [-0.39, 0.29) is 24.4 Å². The van der Waals surface area contributed by atoms with E-state index in [0.29, 0.717) is 35.2 Å². The highest BCUT2D eigenvalue weighted by molar-refractivity contribution is 6.30. The fourth-order valence-corrected chi connectivity index (χ4v) is 3.57. The molecule has 1 unspecified atom stereocenters. The Kier molecular flexibility index (Phi) is 6.18. The summed E-state index contributed by atoms with van der Waals surface area (Å²) >= 11 is 5.97. The van der Waals surface area contributed by atoms with E-state index < -0.39 is 0 Å². The van der Waals surface area contributed by atoms with Crippen molar-refractivity contribution < 1.29 is 9.59 Å². The van der Waals surface area contributed by atoms with Crippen LogP contribution in [0.2, 0.25) is 5.02 Å². The van der Waals surface area contributed by atoms with Crippen LogP contribution in [-0.4, -0.2) is 38.9 Å². The van der Waals surface area contributed by atoms with Crippen LogP contribution in [0.1, 0.15) is 29.3 Å². The molecule has 1 aliphatic heterocycles. The smallest absolute Gasteiger partial charge is 0.253 e. The number of hydrogen-bond acceptors (Lipinski definition) is 5. The van der Waals surface area contributed by atoms with Gasteiger partial charge in [0.2, 0.25) is 5.91 Å². The van der Waals surface area contributed by atoms with Crippen molar-refractivity contribution in [3.8, 4) is 0 Å². The van der Waals surface area contributed by atoms with E-state index in [2.05, 4.69) is 20.6 Å². The van der Waals surface area contributed by atoms with Crippen LogP contribution in [0.15, 0.2) is 55.2 Å². The highest BCUT2D eigenvalue weighted by atomic mass is 35.5. The molecule has 0 spiro atoms. The molecule has 0 radical (unpaired) electrons. The number of nitrogens with zero attached hydrogens (tertiary/aromatic N) is 4. The van der Waals surface area contributed by atoms with Gasteiger partial charge in [-0.3, -0.25) is 9.59 Å². The maximum atomic E-state index is 12.9. The van der Waals surface area contributed by atoms with E-state index in [1.54, 1.807) is 35.6 Å². The first-order valence-electron chi connectivity index (χ1n) is 10.1. The number of fused-ring (bicyclic) bond motifs is 1. The van der Waals surface area contributed by atoms with Gasteiger partial charge in [0, 0.05) is 36.2 Å². The number of anilines is 2. The fourth-order valence-electron chi connectivity index (χ4n) is 3.45. The quantitative estimate of drug-likeness (QED) is 0.591. The second-order valence-corrected chi connectivity index (χ2v) is 7.83. The number of hydrogen-bond donors (Lipinski definition) is 2. The SMILES string of the molecule is CCC(Cn1ccnc1)NC(=O)c1cnc2c(c1)N(Cc1ccc(Cl)cc1)C(=O)CN2. The topological polar surface area (TPSA) is 92.2 Å². The minimum atomic E-state index is -0.230. The summed E-state index contributed by atoms with van der Waals surface area (Å²) in [6.45, 7) is 3.17. The van der Waals surface area contributed by atoms with Gasteiger partial charge in [0.25, 0.3) is 5.91 Å². The number of imidazole rings is 1. The summed E-state index contributed by atoms with van der Waals surface area (Å²) in [6, 6.07) is 8.99. The minimum absolute atomic E-state index is 0.0531. The van der Waals surface area contributed by atoms with Crippen molar-refractivity contribution in [1.82, 2.24) is 19.9 Å². The van der Waals surface area contributed by atoms with Gasteiger partial charge in [-0.1, -0.05) is 30.7 Å². The largest absolute Gasteiger partial charge is 0.359 e. The van der Waals surface area contributed by atoms with Crippen molar-refractivity contribution in [2.75, 3.05) is 16.8 Å². The molecule has 2 N–H and O–H groups in total. The van der Waals surface area contributed by atoms with Crippen LogP contribution in [0.25, 0.3) is 0 Å². The maximum absolute atomic E-state index is 12.9. The van der Waals surface area contributed by atoms with E-state index >= 15 is 0 Å². The monoisotopic (exact) mass is 438 g/mol. The number of pyridine rings is 1. The molecular weight excluding hydrogens is 416 g/mol. The molecule has 9 heteroatoms. The lowest BCUT2D eigenvalue weighted by molar-refractivity contribution is -0.117. The van der Waals surface area contributed by atoms with Gasteiger partial charge in [-0.2, -0.15) is 0 Å². The Morgan fingerprint density at radius 2 is 2.13 bits per heavy atom. The van der Waals surface area contributed by atoms with Crippen LogP contribution >= 0.6 is 11.6 Å². The number of amides is 2. The molecule has 160 valence electrons. The van der Waals surface area contributed by atoms with Crippen LogP contribution in [-0.2, 0) is 17.9 Å². The molecule has 0 aliphatic carbocycles. The second-order valence-electron chi connectivity index (χ2n) is 7.39. The molecule has 0 saturated carbocycles. The molecule has 8 nitrogen and oxygen atoms in total. The van der Waals surface area contributed by atoms with Gasteiger partial charge in [0.1, 0.15) is 0 Å². The third kappa shape index (κ3) is 4.86. The predicted molar refractivity (Wildman–Crippen MR) is 119 cm³/mol. The predicted octanol–water partition coefficient (Wildman–Crippen LogP) is 3.10. The minimum Gasteiger partial charge on any atom is -0.359 e. The molecule has 4 rings (SSSR count). The average molecular weight is 439 g/mol. The lowest BCUT2D eigenvalue weighted by Gasteiger charge is -2.30. The molecular formula is C22H23ClN6O2. The van der Waals surface area contributed by atoms with Crippen molar-refractivity contribution in [3.05, 3.63) is 71.4 Å². The van der Waals surface area contributed by atoms with Crippen LogP contribution in [0.5, 0.6) is 0 Å². The van der Waals surface area contributed by atoms with Gasteiger partial charge in [-0.25, -0.2) is 9.97 Å². The van der Waals surface area contributed by atoms with E-state index in [0.717, 1.165) is 12.0 Å². The van der Waals surface area contributed by atoms with Crippen molar-refractivity contribution in [2.24, 2.45) is 0 Å². The summed E-state index contributed by atoms with van der Waals surface area (Å²) in [7, 11) is 0. The fraction of sp³-hybridized carbons (Fsp3) is 0.273. The summed E-state index contributed by atoms with van der Waals surface area (Å²) in [5.41, 5.74) is 1.92. The second kappa shape index (κ2) is 9.18. The van der Waals surface area contributed by atoms with E-state index in [4.69, 9.17) is 11.6 Å². The standard InChI is InChI=1S/C22H23ClN6O2/c1-2-18(13-28-8-7-24-14-28)27-22(31)16-9-19-21(25-10-16)26-11-20(30)29(19)12-15-3-5-17(23)6-4-15/h3-10,14,18H,2,11-13H2,1H3,(H,25,26)(H,27,31). The number of halogens is 1. The molecule has 1 aromatic carbocycles. The van der Waals surface area contributed by atoms with Gasteiger partial charge < -0.3 is 20.1 Å². The molecule has 0 saturated heterocycles. The number of nitrogens with one attached hydrogen (secondary N) is 2. The first-order chi connectivity index (χ1) is 15.0. The highest BCUT2D eigenvalue weighted by Crippen LogP contribution is 2.30. The Hall–Kier alpha value is -3.39. The number of carbonyl (C=O) groups is 2. The van der Waals surface area contributed by atoms with Gasteiger partial charge in [0.15, 0.2) is 5.82 Å². The van der Waals surface area contributed by atoms with Crippen molar-refractivity contribution in [1.29, 1.82) is 0 Å². The molecule has 1 atom stereocenters. The van der Waals surface area contributed by atoms with Crippen molar-refractivity contribution >= 4 is 34.9 Å². The van der Waals surface area contributed by atoms with Gasteiger partial charge in [-0.15, -0.1) is 0 Å². The lowest BCUT2D eigenvalue weighted by atomic mass is 10.1. The first kappa shape index (κ1) is 20.9. The average Bonchev–Trinajstić information content (AvgIpc) is 3.29. The molecule has 0 fully saturated rings.